The molecule has 0 atom stereocenters. The number of halogens is 3. The number of amides is 1. The number of nitro benzene ring substituents is 1. The van der Waals surface area contributed by atoms with Gasteiger partial charge in [-0.05, 0) is 62.2 Å². The Kier molecular flexibility index (Phi) is 4.69. The molecule has 0 fully saturated rings. The molecule has 21 heavy (non-hydrogen) atoms. The number of nitro groups is 1. The SMILES string of the molecule is O=C(Nc1ccc([N+](=O)[O-])c(Br)c1)c1ccc(Br)c(F)c1. The Labute approximate surface area is 135 Å². The first-order chi connectivity index (χ1) is 9.88. The standard InChI is InChI=1S/C13H7Br2FN2O3/c14-9-3-1-7(5-11(9)16)13(19)17-8-2-4-12(18(20)21)10(15)6-8/h1-6H,(H,17,19). The summed E-state index contributed by atoms with van der Waals surface area (Å²) in [5, 5.41) is 13.2. The fraction of sp³-hybridized carbons (Fsp3) is 0. The smallest absolute Gasteiger partial charge is 0.283 e. The lowest BCUT2D eigenvalue weighted by Gasteiger charge is -2.06. The van der Waals surface area contributed by atoms with Gasteiger partial charge < -0.3 is 5.32 Å². The van der Waals surface area contributed by atoms with Crippen LogP contribution in [0.1, 0.15) is 10.4 Å². The highest BCUT2D eigenvalue weighted by Gasteiger charge is 2.14. The second-order valence-corrected chi connectivity index (χ2v) is 5.71. The van der Waals surface area contributed by atoms with Crippen molar-refractivity contribution in [3.05, 3.63) is 66.8 Å². The summed E-state index contributed by atoms with van der Waals surface area (Å²) in [5.41, 5.74) is 0.397. The largest absolute Gasteiger partial charge is 0.322 e. The first-order valence-electron chi connectivity index (χ1n) is 5.59. The van der Waals surface area contributed by atoms with Crippen molar-refractivity contribution in [3.63, 3.8) is 0 Å². The van der Waals surface area contributed by atoms with Crippen LogP contribution < -0.4 is 5.32 Å². The van der Waals surface area contributed by atoms with E-state index in [0.717, 1.165) is 6.07 Å². The minimum atomic E-state index is -0.549. The van der Waals surface area contributed by atoms with Crippen molar-refractivity contribution in [1.29, 1.82) is 0 Å². The lowest BCUT2D eigenvalue weighted by molar-refractivity contribution is -0.385. The average molecular weight is 418 g/mol. The summed E-state index contributed by atoms with van der Waals surface area (Å²) in [4.78, 5) is 22.1. The molecule has 0 heterocycles. The number of hydrogen-bond donors (Lipinski definition) is 1. The Morgan fingerprint density at radius 3 is 2.43 bits per heavy atom. The van der Waals surface area contributed by atoms with E-state index in [1.165, 1.54) is 30.3 Å². The van der Waals surface area contributed by atoms with Crippen LogP contribution in [0.25, 0.3) is 0 Å². The van der Waals surface area contributed by atoms with E-state index in [9.17, 15) is 19.3 Å². The van der Waals surface area contributed by atoms with Gasteiger partial charge in [0.1, 0.15) is 5.82 Å². The third-order valence-electron chi connectivity index (χ3n) is 2.58. The number of hydrogen-bond acceptors (Lipinski definition) is 3. The number of carbonyl (C=O) groups is 1. The molecule has 2 aromatic carbocycles. The lowest BCUT2D eigenvalue weighted by Crippen LogP contribution is -2.12. The quantitative estimate of drug-likeness (QED) is 0.589. The molecule has 5 nitrogen and oxygen atoms in total. The number of benzene rings is 2. The van der Waals surface area contributed by atoms with Gasteiger partial charge in [-0.1, -0.05) is 0 Å². The number of anilines is 1. The summed E-state index contributed by atoms with van der Waals surface area (Å²) in [6, 6.07) is 8.06. The molecule has 0 unspecified atom stereocenters. The van der Waals surface area contributed by atoms with Gasteiger partial charge in [0.05, 0.1) is 13.9 Å². The molecule has 0 aliphatic carbocycles. The van der Waals surface area contributed by atoms with Crippen LogP contribution in [0.2, 0.25) is 0 Å². The van der Waals surface area contributed by atoms with Gasteiger partial charge in [0.25, 0.3) is 11.6 Å². The number of carbonyl (C=O) groups excluding carboxylic acids is 1. The maximum absolute atomic E-state index is 13.4. The topological polar surface area (TPSA) is 72.2 Å². The fourth-order valence-electron chi connectivity index (χ4n) is 1.57. The van der Waals surface area contributed by atoms with Crippen LogP contribution in [-0.4, -0.2) is 10.8 Å². The molecule has 1 N–H and O–H groups in total. The fourth-order valence-corrected chi connectivity index (χ4v) is 2.34. The molecule has 1 amide bonds. The second-order valence-electron chi connectivity index (χ2n) is 4.01. The van der Waals surface area contributed by atoms with E-state index in [1.54, 1.807) is 0 Å². The van der Waals surface area contributed by atoms with Crippen molar-refractivity contribution >= 4 is 49.1 Å². The maximum Gasteiger partial charge on any atom is 0.283 e. The number of rotatable bonds is 3. The van der Waals surface area contributed by atoms with Crippen LogP contribution in [0.5, 0.6) is 0 Å². The van der Waals surface area contributed by atoms with Gasteiger partial charge in [-0.15, -0.1) is 0 Å². The minimum Gasteiger partial charge on any atom is -0.322 e. The first-order valence-corrected chi connectivity index (χ1v) is 7.17. The van der Waals surface area contributed by atoms with Crippen molar-refractivity contribution in [2.24, 2.45) is 0 Å². The van der Waals surface area contributed by atoms with Gasteiger partial charge in [-0.25, -0.2) is 4.39 Å². The molecular formula is C13H7Br2FN2O3. The molecular weight excluding hydrogens is 411 g/mol. The number of nitrogens with zero attached hydrogens (tertiary/aromatic N) is 1. The highest BCUT2D eigenvalue weighted by Crippen LogP contribution is 2.28. The molecule has 0 saturated carbocycles. The summed E-state index contributed by atoms with van der Waals surface area (Å²) >= 11 is 6.06. The third kappa shape index (κ3) is 3.64. The molecule has 2 rings (SSSR count). The van der Waals surface area contributed by atoms with Crippen LogP contribution in [0.3, 0.4) is 0 Å². The summed E-state index contributed by atoms with van der Waals surface area (Å²) < 4.78 is 13.9. The molecule has 0 spiro atoms. The van der Waals surface area contributed by atoms with Gasteiger partial charge >= 0.3 is 0 Å². The predicted molar refractivity (Wildman–Crippen MR) is 82.8 cm³/mol. The minimum absolute atomic E-state index is 0.109. The van der Waals surface area contributed by atoms with Crippen LogP contribution in [-0.2, 0) is 0 Å². The zero-order valence-corrected chi connectivity index (χ0v) is 13.4. The maximum atomic E-state index is 13.4. The van der Waals surface area contributed by atoms with E-state index in [2.05, 4.69) is 37.2 Å². The first kappa shape index (κ1) is 15.6. The van der Waals surface area contributed by atoms with Crippen LogP contribution in [0, 0.1) is 15.9 Å². The molecule has 0 bridgehead atoms. The van der Waals surface area contributed by atoms with E-state index in [4.69, 9.17) is 0 Å². The van der Waals surface area contributed by atoms with Gasteiger partial charge in [-0.2, -0.15) is 0 Å². The third-order valence-corrected chi connectivity index (χ3v) is 3.86. The Morgan fingerprint density at radius 1 is 1.14 bits per heavy atom. The van der Waals surface area contributed by atoms with Crippen molar-refractivity contribution in [1.82, 2.24) is 0 Å². The van der Waals surface area contributed by atoms with Crippen molar-refractivity contribution in [2.45, 2.75) is 0 Å². The van der Waals surface area contributed by atoms with Gasteiger partial charge in [0.15, 0.2) is 0 Å². The molecule has 0 aliphatic rings. The summed E-state index contributed by atoms with van der Waals surface area (Å²) in [7, 11) is 0. The average Bonchev–Trinajstić information content (AvgIpc) is 2.41. The molecule has 2 aromatic rings. The molecule has 0 radical (unpaired) electrons. The van der Waals surface area contributed by atoms with Crippen molar-refractivity contribution in [2.75, 3.05) is 5.32 Å². The van der Waals surface area contributed by atoms with Gasteiger partial charge in [-0.3, -0.25) is 14.9 Å². The Balaban J connectivity index is 2.21. The van der Waals surface area contributed by atoms with E-state index < -0.39 is 16.6 Å². The van der Waals surface area contributed by atoms with E-state index in [1.807, 2.05) is 0 Å². The summed E-state index contributed by atoms with van der Waals surface area (Å²) in [5.74, 6) is -1.06. The van der Waals surface area contributed by atoms with Gasteiger partial charge in [0.2, 0.25) is 0 Å². The Bertz CT molecular complexity index is 737. The molecule has 0 aromatic heterocycles. The van der Waals surface area contributed by atoms with E-state index in [-0.39, 0.29) is 20.2 Å². The van der Waals surface area contributed by atoms with Crippen LogP contribution in [0.15, 0.2) is 45.3 Å². The number of nitrogens with one attached hydrogen (secondary N) is 1. The zero-order valence-electron chi connectivity index (χ0n) is 10.3. The monoisotopic (exact) mass is 416 g/mol. The van der Waals surface area contributed by atoms with Crippen LogP contribution in [0.4, 0.5) is 15.8 Å². The highest BCUT2D eigenvalue weighted by molar-refractivity contribution is 9.10. The Hall–Kier alpha value is -1.80. The predicted octanol–water partition coefficient (Wildman–Crippen LogP) is 4.51. The molecule has 0 aliphatic heterocycles. The molecule has 0 saturated heterocycles. The normalized spacial score (nSPS) is 10.2. The molecule has 8 heteroatoms. The van der Waals surface area contributed by atoms with Crippen molar-refractivity contribution < 1.29 is 14.1 Å². The van der Waals surface area contributed by atoms with Crippen molar-refractivity contribution in [3.8, 4) is 0 Å². The Morgan fingerprint density at radius 2 is 1.86 bits per heavy atom. The highest BCUT2D eigenvalue weighted by atomic mass is 79.9. The molecule has 108 valence electrons. The lowest BCUT2D eigenvalue weighted by atomic mass is 10.2. The van der Waals surface area contributed by atoms with E-state index >= 15 is 0 Å². The van der Waals surface area contributed by atoms with Crippen LogP contribution >= 0.6 is 31.9 Å². The van der Waals surface area contributed by atoms with E-state index in [0.29, 0.717) is 5.69 Å². The summed E-state index contributed by atoms with van der Waals surface area (Å²) in [6.45, 7) is 0. The van der Waals surface area contributed by atoms with Gasteiger partial charge in [0, 0.05) is 17.3 Å². The second kappa shape index (κ2) is 6.31. The summed E-state index contributed by atoms with van der Waals surface area (Å²) in [6.07, 6.45) is 0. The zero-order chi connectivity index (χ0) is 15.6.